The molecular weight excluding hydrogens is 346 g/mol. The van der Waals surface area contributed by atoms with Gasteiger partial charge < -0.3 is 14.6 Å². The molecule has 1 aromatic heterocycles. The topological polar surface area (TPSA) is 106 Å². The second-order valence-electron chi connectivity index (χ2n) is 5.15. The number of carbonyl (C=O) groups excluding carboxylic acids is 2. The van der Waals surface area contributed by atoms with E-state index in [1.807, 2.05) is 29.1 Å². The van der Waals surface area contributed by atoms with E-state index in [-0.39, 0.29) is 17.2 Å². The van der Waals surface area contributed by atoms with Gasteiger partial charge in [0.25, 0.3) is 0 Å². The summed E-state index contributed by atoms with van der Waals surface area (Å²) >= 11 is 0. The van der Waals surface area contributed by atoms with E-state index in [2.05, 4.69) is 14.8 Å². The van der Waals surface area contributed by atoms with E-state index >= 15 is 0 Å². The lowest BCUT2D eigenvalue weighted by Crippen LogP contribution is -2.30. The van der Waals surface area contributed by atoms with Crippen LogP contribution in [0.1, 0.15) is 6.42 Å². The molecule has 0 saturated carbocycles. The Bertz CT molecular complexity index is 831. The number of sulfonamides is 1. The van der Waals surface area contributed by atoms with E-state index < -0.39 is 22.5 Å². The van der Waals surface area contributed by atoms with Crippen molar-refractivity contribution in [3.8, 4) is 0 Å². The molecule has 0 spiro atoms. The number of anilines is 1. The van der Waals surface area contributed by atoms with Crippen LogP contribution >= 0.6 is 0 Å². The van der Waals surface area contributed by atoms with Gasteiger partial charge in [0.05, 0.1) is 12.0 Å². The van der Waals surface area contributed by atoms with Gasteiger partial charge in [-0.25, -0.2) is 8.42 Å². The number of ether oxygens (including phenoxy) is 1. The highest BCUT2D eigenvalue weighted by atomic mass is 32.2. The predicted octanol–water partition coefficient (Wildman–Crippen LogP) is 0.968. The quantitative estimate of drug-likeness (QED) is 0.678. The van der Waals surface area contributed by atoms with Crippen LogP contribution in [0.4, 0.5) is 5.69 Å². The maximum Gasteiger partial charge on any atom is 0.320 e. The van der Waals surface area contributed by atoms with Crippen LogP contribution in [0, 0.1) is 0 Å². The minimum Gasteiger partial charge on any atom is -0.468 e. The number of amides is 1. The summed E-state index contributed by atoms with van der Waals surface area (Å²) in [6, 6.07) is 9.53. The van der Waals surface area contributed by atoms with Gasteiger partial charge in [0.15, 0.2) is 0 Å². The Hall–Kier alpha value is -2.65. The van der Waals surface area contributed by atoms with Crippen molar-refractivity contribution in [2.45, 2.75) is 17.9 Å². The van der Waals surface area contributed by atoms with E-state index in [4.69, 9.17) is 0 Å². The Morgan fingerprint density at radius 3 is 2.56 bits per heavy atom. The fraction of sp³-hybridized carbons (Fsp3) is 0.250. The molecule has 1 aromatic carbocycles. The van der Waals surface area contributed by atoms with Crippen molar-refractivity contribution in [3.05, 3.63) is 48.8 Å². The minimum atomic E-state index is -3.88. The number of nitrogens with one attached hydrogen (secondary N) is 2. The van der Waals surface area contributed by atoms with Gasteiger partial charge in [0.2, 0.25) is 15.9 Å². The third kappa shape index (κ3) is 5.73. The summed E-state index contributed by atoms with van der Waals surface area (Å²) < 4.78 is 32.7. The van der Waals surface area contributed by atoms with Gasteiger partial charge in [-0.15, -0.1) is 0 Å². The van der Waals surface area contributed by atoms with E-state index in [1.54, 1.807) is 6.07 Å². The Balaban J connectivity index is 1.97. The van der Waals surface area contributed by atoms with E-state index in [0.717, 1.165) is 0 Å². The number of hydrogen-bond acceptors (Lipinski definition) is 5. The Morgan fingerprint density at radius 1 is 1.16 bits per heavy atom. The molecule has 8 nitrogen and oxygen atoms in total. The van der Waals surface area contributed by atoms with Crippen molar-refractivity contribution in [2.24, 2.45) is 0 Å². The molecule has 134 valence electrons. The van der Waals surface area contributed by atoms with Gasteiger partial charge in [0, 0.05) is 31.0 Å². The fourth-order valence-corrected chi connectivity index (χ4v) is 3.04. The number of aryl methyl sites for hydroxylation is 1. The first kappa shape index (κ1) is 18.7. The molecule has 0 unspecified atom stereocenters. The largest absolute Gasteiger partial charge is 0.468 e. The summed E-state index contributed by atoms with van der Waals surface area (Å²) in [7, 11) is -2.71. The number of esters is 1. The summed E-state index contributed by atoms with van der Waals surface area (Å²) in [5.74, 6) is -0.927. The van der Waals surface area contributed by atoms with Crippen molar-refractivity contribution in [3.63, 3.8) is 0 Å². The average Bonchev–Trinajstić information content (AvgIpc) is 3.12. The molecule has 9 heteroatoms. The molecule has 1 heterocycles. The monoisotopic (exact) mass is 365 g/mol. The molecule has 0 aliphatic carbocycles. The van der Waals surface area contributed by atoms with Crippen molar-refractivity contribution in [2.75, 3.05) is 19.0 Å². The molecule has 2 aromatic rings. The van der Waals surface area contributed by atoms with Gasteiger partial charge in [0.1, 0.15) is 6.54 Å². The maximum absolute atomic E-state index is 12.1. The van der Waals surface area contributed by atoms with Gasteiger partial charge in [-0.1, -0.05) is 6.07 Å². The van der Waals surface area contributed by atoms with Gasteiger partial charge in [-0.2, -0.15) is 4.72 Å². The third-order valence-corrected chi connectivity index (χ3v) is 4.72. The normalized spacial score (nSPS) is 11.1. The maximum atomic E-state index is 12.1. The van der Waals surface area contributed by atoms with Crippen molar-refractivity contribution in [1.29, 1.82) is 0 Å². The summed E-state index contributed by atoms with van der Waals surface area (Å²) in [5.41, 5.74) is 0.360. The standard InChI is InChI=1S/C16H19N3O5S/c1-24-16(21)12-17-25(22,23)14-6-4-5-13(11-14)18-15(20)7-10-19-8-2-3-9-19/h2-6,8-9,11,17H,7,10,12H2,1H3,(H,18,20). The zero-order valence-electron chi connectivity index (χ0n) is 13.6. The molecule has 0 saturated heterocycles. The number of carbonyl (C=O) groups is 2. The number of hydrogen-bond donors (Lipinski definition) is 2. The molecule has 0 aliphatic heterocycles. The van der Waals surface area contributed by atoms with Gasteiger partial charge in [-0.3, -0.25) is 9.59 Å². The summed E-state index contributed by atoms with van der Waals surface area (Å²) in [5, 5.41) is 2.66. The van der Waals surface area contributed by atoms with Crippen LogP contribution in [0.5, 0.6) is 0 Å². The number of rotatable bonds is 8. The molecule has 0 fully saturated rings. The molecule has 2 N–H and O–H groups in total. The van der Waals surface area contributed by atoms with Crippen molar-refractivity contribution in [1.82, 2.24) is 9.29 Å². The smallest absolute Gasteiger partial charge is 0.320 e. The molecule has 0 atom stereocenters. The zero-order chi connectivity index (χ0) is 18.3. The highest BCUT2D eigenvalue weighted by molar-refractivity contribution is 7.89. The number of aromatic nitrogens is 1. The summed E-state index contributed by atoms with van der Waals surface area (Å²) in [6.07, 6.45) is 3.97. The summed E-state index contributed by atoms with van der Waals surface area (Å²) in [4.78, 5) is 23.0. The molecule has 1 amide bonds. The van der Waals surface area contributed by atoms with Crippen LogP contribution < -0.4 is 10.0 Å². The van der Waals surface area contributed by atoms with Crippen LogP contribution in [0.2, 0.25) is 0 Å². The Kier molecular flexibility index (Phi) is 6.31. The summed E-state index contributed by atoms with van der Waals surface area (Å²) in [6.45, 7) is 0.0593. The average molecular weight is 365 g/mol. The first-order valence-corrected chi connectivity index (χ1v) is 8.96. The first-order chi connectivity index (χ1) is 11.9. The molecule has 2 rings (SSSR count). The zero-order valence-corrected chi connectivity index (χ0v) is 14.5. The Morgan fingerprint density at radius 2 is 1.88 bits per heavy atom. The molecule has 0 radical (unpaired) electrons. The highest BCUT2D eigenvalue weighted by Crippen LogP contribution is 2.15. The number of benzene rings is 1. The van der Waals surface area contributed by atoms with Gasteiger partial charge >= 0.3 is 5.97 Å². The van der Waals surface area contributed by atoms with Crippen LogP contribution in [0.15, 0.2) is 53.7 Å². The molecule has 0 bridgehead atoms. The second kappa shape index (κ2) is 8.45. The van der Waals surface area contributed by atoms with Crippen LogP contribution in [-0.4, -0.2) is 38.5 Å². The number of methoxy groups -OCH3 is 1. The predicted molar refractivity (Wildman–Crippen MR) is 91.3 cm³/mol. The van der Waals surface area contributed by atoms with Crippen LogP contribution in [-0.2, 0) is 30.9 Å². The van der Waals surface area contributed by atoms with Crippen molar-refractivity contribution < 1.29 is 22.7 Å². The lowest BCUT2D eigenvalue weighted by Gasteiger charge is -2.09. The van der Waals surface area contributed by atoms with E-state index in [9.17, 15) is 18.0 Å². The fourth-order valence-electron chi connectivity index (χ4n) is 2.02. The SMILES string of the molecule is COC(=O)CNS(=O)(=O)c1cccc(NC(=O)CCn2cccc2)c1. The van der Waals surface area contributed by atoms with E-state index in [1.165, 1.54) is 25.3 Å². The lowest BCUT2D eigenvalue weighted by molar-refractivity contribution is -0.139. The Labute approximate surface area is 145 Å². The first-order valence-electron chi connectivity index (χ1n) is 7.48. The van der Waals surface area contributed by atoms with Crippen molar-refractivity contribution >= 4 is 27.6 Å². The number of nitrogens with zero attached hydrogens (tertiary/aromatic N) is 1. The van der Waals surface area contributed by atoms with Crippen LogP contribution in [0.25, 0.3) is 0 Å². The lowest BCUT2D eigenvalue weighted by atomic mass is 10.3. The third-order valence-electron chi connectivity index (χ3n) is 3.33. The van der Waals surface area contributed by atoms with Crippen LogP contribution in [0.3, 0.4) is 0 Å². The van der Waals surface area contributed by atoms with Gasteiger partial charge in [-0.05, 0) is 30.3 Å². The molecule has 25 heavy (non-hydrogen) atoms. The second-order valence-corrected chi connectivity index (χ2v) is 6.91. The molecule has 0 aliphatic rings. The highest BCUT2D eigenvalue weighted by Gasteiger charge is 2.16. The minimum absolute atomic E-state index is 0.0559. The van der Waals surface area contributed by atoms with E-state index in [0.29, 0.717) is 12.2 Å². The molecular formula is C16H19N3O5S.